The van der Waals surface area contributed by atoms with Crippen LogP contribution in [0.2, 0.25) is 0 Å². The van der Waals surface area contributed by atoms with Crippen molar-refractivity contribution < 1.29 is 4.79 Å². The monoisotopic (exact) mass is 342 g/mol. The fourth-order valence-electron chi connectivity index (χ4n) is 2.43. The first-order chi connectivity index (χ1) is 10.2. The molecule has 0 fully saturated rings. The summed E-state index contributed by atoms with van der Waals surface area (Å²) in [5.41, 5.74) is 2.80. The van der Waals surface area contributed by atoms with E-state index >= 15 is 0 Å². The Morgan fingerprint density at radius 3 is 2.76 bits per heavy atom. The van der Waals surface area contributed by atoms with Gasteiger partial charge in [0, 0.05) is 40.7 Å². The van der Waals surface area contributed by atoms with Gasteiger partial charge in [0.1, 0.15) is 0 Å². The van der Waals surface area contributed by atoms with Crippen LogP contribution in [0.5, 0.6) is 0 Å². The van der Waals surface area contributed by atoms with Crippen LogP contribution in [0.15, 0.2) is 59.2 Å². The summed E-state index contributed by atoms with van der Waals surface area (Å²) in [5.74, 6) is 0.0240. The Morgan fingerprint density at radius 1 is 1.14 bits per heavy atom. The number of nitrogens with zero attached hydrogens (tertiary/aromatic N) is 1. The van der Waals surface area contributed by atoms with Gasteiger partial charge in [0.05, 0.1) is 0 Å². The highest BCUT2D eigenvalue weighted by Crippen LogP contribution is 2.21. The molecule has 0 saturated carbocycles. The fourth-order valence-corrected chi connectivity index (χ4v) is 2.84. The highest BCUT2D eigenvalue weighted by Gasteiger charge is 2.15. The van der Waals surface area contributed by atoms with Crippen molar-refractivity contribution in [2.45, 2.75) is 6.54 Å². The summed E-state index contributed by atoms with van der Waals surface area (Å²) >= 11 is 3.52. The number of halogens is 1. The summed E-state index contributed by atoms with van der Waals surface area (Å²) < 4.78 is 1.02. The predicted octanol–water partition coefficient (Wildman–Crippen LogP) is 4.20. The first kappa shape index (κ1) is 13.9. The van der Waals surface area contributed by atoms with Gasteiger partial charge >= 0.3 is 0 Å². The number of benzene rings is 2. The van der Waals surface area contributed by atoms with Gasteiger partial charge in [0.15, 0.2) is 0 Å². The molecule has 1 heterocycles. The highest BCUT2D eigenvalue weighted by atomic mass is 79.9. The van der Waals surface area contributed by atoms with Gasteiger partial charge in [-0.3, -0.25) is 4.79 Å². The lowest BCUT2D eigenvalue weighted by Crippen LogP contribution is -2.26. The Hall–Kier alpha value is -2.07. The molecule has 4 heteroatoms. The summed E-state index contributed by atoms with van der Waals surface area (Å²) in [7, 11) is 1.83. The predicted molar refractivity (Wildman–Crippen MR) is 88.2 cm³/mol. The number of nitrogens with one attached hydrogen (secondary N) is 1. The summed E-state index contributed by atoms with van der Waals surface area (Å²) in [5, 5.41) is 0.960. The minimum atomic E-state index is 0.0240. The standard InChI is InChI=1S/C17H15BrN2O/c1-20(11-12-5-2-3-7-15(12)18)17(21)14-6-4-8-16-13(14)9-10-19-16/h2-10,19H,11H2,1H3. The van der Waals surface area contributed by atoms with E-state index in [9.17, 15) is 4.79 Å². The van der Waals surface area contributed by atoms with E-state index in [1.54, 1.807) is 4.90 Å². The first-order valence-corrected chi connectivity index (χ1v) is 7.51. The number of aromatic nitrogens is 1. The number of rotatable bonds is 3. The number of H-pyrrole nitrogens is 1. The molecule has 3 nitrogen and oxygen atoms in total. The second kappa shape index (κ2) is 5.74. The number of fused-ring (bicyclic) bond motifs is 1. The zero-order chi connectivity index (χ0) is 14.8. The lowest BCUT2D eigenvalue weighted by molar-refractivity contribution is 0.0787. The van der Waals surface area contributed by atoms with Crippen LogP contribution in [0.1, 0.15) is 15.9 Å². The van der Waals surface area contributed by atoms with Gasteiger partial charge in [-0.1, -0.05) is 40.2 Å². The van der Waals surface area contributed by atoms with Crippen LogP contribution in [0.25, 0.3) is 10.9 Å². The van der Waals surface area contributed by atoms with Gasteiger partial charge in [0.25, 0.3) is 5.91 Å². The summed E-state index contributed by atoms with van der Waals surface area (Å²) in [4.78, 5) is 17.5. The normalized spacial score (nSPS) is 10.8. The molecule has 0 aliphatic heterocycles. The summed E-state index contributed by atoms with van der Waals surface area (Å²) in [6.45, 7) is 0.571. The molecule has 21 heavy (non-hydrogen) atoms. The van der Waals surface area contributed by atoms with Crippen molar-refractivity contribution in [3.05, 3.63) is 70.3 Å². The van der Waals surface area contributed by atoms with Crippen LogP contribution in [0, 0.1) is 0 Å². The maximum Gasteiger partial charge on any atom is 0.254 e. The summed E-state index contributed by atoms with van der Waals surface area (Å²) in [6, 6.07) is 15.6. The Morgan fingerprint density at radius 2 is 1.95 bits per heavy atom. The van der Waals surface area contributed by atoms with E-state index < -0.39 is 0 Å². The number of carbonyl (C=O) groups is 1. The molecule has 1 N–H and O–H groups in total. The lowest BCUT2D eigenvalue weighted by Gasteiger charge is -2.18. The van der Waals surface area contributed by atoms with E-state index in [2.05, 4.69) is 20.9 Å². The Labute approximate surface area is 131 Å². The second-order valence-corrected chi connectivity index (χ2v) is 5.85. The smallest absolute Gasteiger partial charge is 0.254 e. The molecule has 0 atom stereocenters. The molecule has 3 rings (SSSR count). The van der Waals surface area contributed by atoms with Crippen molar-refractivity contribution >= 4 is 32.7 Å². The Balaban J connectivity index is 1.88. The molecule has 2 aromatic carbocycles. The topological polar surface area (TPSA) is 36.1 Å². The SMILES string of the molecule is CN(Cc1ccccc1Br)C(=O)c1cccc2[nH]ccc12. The van der Waals surface area contributed by atoms with Crippen LogP contribution >= 0.6 is 15.9 Å². The quantitative estimate of drug-likeness (QED) is 0.760. The molecule has 3 aromatic rings. The fraction of sp³-hybridized carbons (Fsp3) is 0.118. The number of carbonyl (C=O) groups excluding carboxylic acids is 1. The molecule has 1 amide bonds. The van der Waals surface area contributed by atoms with Crippen molar-refractivity contribution in [2.75, 3.05) is 7.05 Å². The minimum absolute atomic E-state index is 0.0240. The Bertz CT molecular complexity index is 794. The van der Waals surface area contributed by atoms with E-state index in [1.807, 2.05) is 61.8 Å². The van der Waals surface area contributed by atoms with Crippen molar-refractivity contribution in [2.24, 2.45) is 0 Å². The van der Waals surface area contributed by atoms with Gasteiger partial charge < -0.3 is 9.88 Å². The van der Waals surface area contributed by atoms with Gasteiger partial charge in [-0.05, 0) is 29.8 Å². The van der Waals surface area contributed by atoms with Gasteiger partial charge in [-0.15, -0.1) is 0 Å². The molecule has 1 aromatic heterocycles. The van der Waals surface area contributed by atoms with E-state index in [4.69, 9.17) is 0 Å². The van der Waals surface area contributed by atoms with Gasteiger partial charge in [-0.2, -0.15) is 0 Å². The second-order valence-electron chi connectivity index (χ2n) is 5.00. The third-order valence-corrected chi connectivity index (χ3v) is 4.31. The van der Waals surface area contributed by atoms with Crippen LogP contribution < -0.4 is 0 Å². The number of hydrogen-bond donors (Lipinski definition) is 1. The van der Waals surface area contributed by atoms with Crippen LogP contribution in [0.3, 0.4) is 0 Å². The molecular formula is C17H15BrN2O. The van der Waals surface area contributed by atoms with Crippen molar-refractivity contribution in [1.29, 1.82) is 0 Å². The molecule has 106 valence electrons. The van der Waals surface area contributed by atoms with Gasteiger partial charge in [-0.25, -0.2) is 0 Å². The number of amides is 1. The maximum atomic E-state index is 12.7. The minimum Gasteiger partial charge on any atom is -0.361 e. The third-order valence-electron chi connectivity index (χ3n) is 3.54. The van der Waals surface area contributed by atoms with Crippen LogP contribution in [-0.2, 0) is 6.54 Å². The van der Waals surface area contributed by atoms with E-state index in [-0.39, 0.29) is 5.91 Å². The molecule has 0 radical (unpaired) electrons. The molecule has 0 bridgehead atoms. The molecule has 0 spiro atoms. The van der Waals surface area contributed by atoms with Crippen molar-refractivity contribution in [3.8, 4) is 0 Å². The third kappa shape index (κ3) is 2.72. The molecule has 0 unspecified atom stereocenters. The molecular weight excluding hydrogens is 328 g/mol. The average molecular weight is 343 g/mol. The zero-order valence-corrected chi connectivity index (χ0v) is 13.2. The van der Waals surface area contributed by atoms with Crippen molar-refractivity contribution in [1.82, 2.24) is 9.88 Å². The Kier molecular flexibility index (Phi) is 3.80. The highest BCUT2D eigenvalue weighted by molar-refractivity contribution is 9.10. The zero-order valence-electron chi connectivity index (χ0n) is 11.6. The van der Waals surface area contributed by atoms with Crippen LogP contribution in [0.4, 0.5) is 0 Å². The number of hydrogen-bond acceptors (Lipinski definition) is 1. The van der Waals surface area contributed by atoms with Gasteiger partial charge in [0.2, 0.25) is 0 Å². The van der Waals surface area contributed by atoms with E-state index in [1.165, 1.54) is 0 Å². The van der Waals surface area contributed by atoms with E-state index in [0.29, 0.717) is 6.54 Å². The lowest BCUT2D eigenvalue weighted by atomic mass is 10.1. The summed E-state index contributed by atoms with van der Waals surface area (Å²) in [6.07, 6.45) is 1.86. The van der Waals surface area contributed by atoms with Crippen LogP contribution in [-0.4, -0.2) is 22.8 Å². The average Bonchev–Trinajstić information content (AvgIpc) is 2.97. The van der Waals surface area contributed by atoms with Crippen molar-refractivity contribution in [3.63, 3.8) is 0 Å². The largest absolute Gasteiger partial charge is 0.361 e. The van der Waals surface area contributed by atoms with E-state index in [0.717, 1.165) is 26.5 Å². The molecule has 0 aliphatic carbocycles. The molecule has 0 aliphatic rings. The maximum absolute atomic E-state index is 12.7. The molecule has 0 saturated heterocycles. The number of aromatic amines is 1. The first-order valence-electron chi connectivity index (χ1n) is 6.72.